The molecule has 0 aliphatic heterocycles. The Labute approximate surface area is 190 Å². The van der Waals surface area contributed by atoms with Crippen molar-refractivity contribution < 1.29 is 19.2 Å². The minimum atomic E-state index is -0.962. The molecule has 0 saturated carbocycles. The Hall–Kier alpha value is -4.53. The number of rotatable bonds is 6. The van der Waals surface area contributed by atoms with Gasteiger partial charge in [-0.2, -0.15) is 0 Å². The SMILES string of the molecule is Cc1ccc(C(=O)Nc2ccccc2C(=O)N[C@H](C)C(=O)NNC(=O)c2ccncc2)cc1. The first-order chi connectivity index (χ1) is 15.8. The molecule has 1 atom stereocenters. The van der Waals surface area contributed by atoms with Crippen LogP contribution in [-0.2, 0) is 4.79 Å². The molecular formula is C24H23N5O4. The average molecular weight is 445 g/mol. The third-order valence-electron chi connectivity index (χ3n) is 4.72. The second-order valence-corrected chi connectivity index (χ2v) is 7.24. The van der Waals surface area contributed by atoms with Crippen LogP contribution in [0.2, 0.25) is 0 Å². The van der Waals surface area contributed by atoms with E-state index in [0.29, 0.717) is 16.8 Å². The van der Waals surface area contributed by atoms with E-state index >= 15 is 0 Å². The predicted molar refractivity (Wildman–Crippen MR) is 122 cm³/mol. The van der Waals surface area contributed by atoms with Crippen LogP contribution < -0.4 is 21.5 Å². The molecule has 33 heavy (non-hydrogen) atoms. The molecule has 4 amide bonds. The van der Waals surface area contributed by atoms with Crippen molar-refractivity contribution >= 4 is 29.3 Å². The van der Waals surface area contributed by atoms with Crippen molar-refractivity contribution in [1.82, 2.24) is 21.2 Å². The number of anilines is 1. The Morgan fingerprint density at radius 1 is 0.758 bits per heavy atom. The standard InChI is InChI=1S/C24H23N5O4/c1-15-7-9-17(10-8-15)22(31)27-20-6-4-3-5-19(20)24(33)26-16(2)21(30)28-29-23(32)18-11-13-25-14-12-18/h3-14,16H,1-2H3,(H,26,33)(H,27,31)(H,28,30)(H,29,32)/t16-/m1/s1. The number of carbonyl (C=O) groups is 4. The molecule has 0 saturated heterocycles. The third kappa shape index (κ3) is 6.23. The monoisotopic (exact) mass is 445 g/mol. The summed E-state index contributed by atoms with van der Waals surface area (Å²) in [5, 5.41) is 5.28. The van der Waals surface area contributed by atoms with Gasteiger partial charge in [0.05, 0.1) is 11.3 Å². The lowest BCUT2D eigenvalue weighted by Gasteiger charge is -2.16. The van der Waals surface area contributed by atoms with Gasteiger partial charge in [-0.15, -0.1) is 0 Å². The molecule has 1 aromatic heterocycles. The summed E-state index contributed by atoms with van der Waals surface area (Å²) in [6.07, 6.45) is 2.91. The van der Waals surface area contributed by atoms with Crippen LogP contribution in [0, 0.1) is 6.92 Å². The number of hydrogen-bond acceptors (Lipinski definition) is 5. The number of hydrogen-bond donors (Lipinski definition) is 4. The summed E-state index contributed by atoms with van der Waals surface area (Å²) in [6.45, 7) is 3.39. The van der Waals surface area contributed by atoms with Crippen molar-refractivity contribution in [2.75, 3.05) is 5.32 Å². The summed E-state index contributed by atoms with van der Waals surface area (Å²) in [5.41, 5.74) is 6.84. The van der Waals surface area contributed by atoms with E-state index in [1.165, 1.54) is 37.5 Å². The van der Waals surface area contributed by atoms with Crippen LogP contribution in [0.15, 0.2) is 73.1 Å². The molecule has 4 N–H and O–H groups in total. The van der Waals surface area contributed by atoms with E-state index in [-0.39, 0.29) is 11.5 Å². The van der Waals surface area contributed by atoms with Crippen molar-refractivity contribution in [2.45, 2.75) is 19.9 Å². The summed E-state index contributed by atoms with van der Waals surface area (Å²) >= 11 is 0. The Kier molecular flexibility index (Phi) is 7.48. The average Bonchev–Trinajstić information content (AvgIpc) is 2.83. The maximum Gasteiger partial charge on any atom is 0.269 e. The number of nitrogens with one attached hydrogen (secondary N) is 4. The van der Waals surface area contributed by atoms with Gasteiger partial charge in [0.2, 0.25) is 0 Å². The van der Waals surface area contributed by atoms with E-state index in [1.54, 1.807) is 30.3 Å². The summed E-state index contributed by atoms with van der Waals surface area (Å²) in [4.78, 5) is 53.4. The zero-order chi connectivity index (χ0) is 23.8. The fourth-order valence-electron chi connectivity index (χ4n) is 2.83. The molecule has 0 bridgehead atoms. The lowest BCUT2D eigenvalue weighted by Crippen LogP contribution is -2.51. The molecule has 0 fully saturated rings. The summed E-state index contributed by atoms with van der Waals surface area (Å²) in [7, 11) is 0. The number of nitrogens with zero attached hydrogens (tertiary/aromatic N) is 1. The van der Waals surface area contributed by atoms with Crippen LogP contribution in [0.4, 0.5) is 5.69 Å². The van der Waals surface area contributed by atoms with E-state index in [4.69, 9.17) is 0 Å². The molecule has 0 unspecified atom stereocenters. The van der Waals surface area contributed by atoms with Crippen LogP contribution in [0.1, 0.15) is 43.6 Å². The van der Waals surface area contributed by atoms with Crippen LogP contribution in [-0.4, -0.2) is 34.7 Å². The normalized spacial score (nSPS) is 11.1. The van der Waals surface area contributed by atoms with Crippen molar-refractivity contribution in [1.29, 1.82) is 0 Å². The maximum atomic E-state index is 12.8. The zero-order valence-electron chi connectivity index (χ0n) is 18.1. The van der Waals surface area contributed by atoms with E-state index in [1.807, 2.05) is 19.1 Å². The van der Waals surface area contributed by atoms with Gasteiger partial charge in [0.15, 0.2) is 0 Å². The van der Waals surface area contributed by atoms with Crippen LogP contribution >= 0.6 is 0 Å². The highest BCUT2D eigenvalue weighted by atomic mass is 16.2. The first kappa shape index (κ1) is 23.1. The van der Waals surface area contributed by atoms with Gasteiger partial charge >= 0.3 is 0 Å². The molecule has 168 valence electrons. The predicted octanol–water partition coefficient (Wildman–Crippen LogP) is 2.22. The fraction of sp³-hybridized carbons (Fsp3) is 0.125. The van der Waals surface area contributed by atoms with Gasteiger partial charge in [-0.3, -0.25) is 35.0 Å². The number of benzene rings is 2. The lowest BCUT2D eigenvalue weighted by molar-refractivity contribution is -0.123. The minimum Gasteiger partial charge on any atom is -0.340 e. The van der Waals surface area contributed by atoms with Gasteiger partial charge in [-0.25, -0.2) is 0 Å². The maximum absolute atomic E-state index is 12.8. The molecule has 3 rings (SSSR count). The van der Waals surface area contributed by atoms with Crippen LogP contribution in [0.5, 0.6) is 0 Å². The Morgan fingerprint density at radius 2 is 1.39 bits per heavy atom. The molecule has 0 spiro atoms. The second kappa shape index (κ2) is 10.7. The molecule has 0 radical (unpaired) electrons. The van der Waals surface area contributed by atoms with Crippen molar-refractivity contribution in [2.24, 2.45) is 0 Å². The molecule has 0 aliphatic carbocycles. The number of amides is 4. The largest absolute Gasteiger partial charge is 0.340 e. The van der Waals surface area contributed by atoms with Gasteiger partial charge < -0.3 is 10.6 Å². The number of aryl methyl sites for hydroxylation is 1. The molecule has 2 aromatic carbocycles. The summed E-state index contributed by atoms with van der Waals surface area (Å²) in [6, 6.07) is 15.5. The first-order valence-corrected chi connectivity index (χ1v) is 10.1. The topological polar surface area (TPSA) is 129 Å². The second-order valence-electron chi connectivity index (χ2n) is 7.24. The molecule has 9 nitrogen and oxygen atoms in total. The number of carbonyl (C=O) groups excluding carboxylic acids is 4. The van der Waals surface area contributed by atoms with E-state index in [2.05, 4.69) is 26.5 Å². The number of para-hydroxylation sites is 1. The van der Waals surface area contributed by atoms with Gasteiger partial charge in [-0.05, 0) is 50.2 Å². The fourth-order valence-corrected chi connectivity index (χ4v) is 2.83. The summed E-state index contributed by atoms with van der Waals surface area (Å²) in [5.74, 6) is -2.06. The highest BCUT2D eigenvalue weighted by molar-refractivity contribution is 6.09. The number of aromatic nitrogens is 1. The van der Waals surface area contributed by atoms with Crippen LogP contribution in [0.3, 0.4) is 0 Å². The van der Waals surface area contributed by atoms with E-state index in [0.717, 1.165) is 5.56 Å². The smallest absolute Gasteiger partial charge is 0.269 e. The molecule has 0 aliphatic rings. The lowest BCUT2D eigenvalue weighted by atomic mass is 10.1. The minimum absolute atomic E-state index is 0.193. The van der Waals surface area contributed by atoms with Gasteiger partial charge in [0.25, 0.3) is 23.6 Å². The Morgan fingerprint density at radius 3 is 2.09 bits per heavy atom. The molecule has 9 heteroatoms. The number of hydrazine groups is 1. The Balaban J connectivity index is 1.60. The van der Waals surface area contributed by atoms with Crippen LogP contribution in [0.25, 0.3) is 0 Å². The highest BCUT2D eigenvalue weighted by Crippen LogP contribution is 2.17. The van der Waals surface area contributed by atoms with Gasteiger partial charge in [0.1, 0.15) is 6.04 Å². The third-order valence-corrected chi connectivity index (χ3v) is 4.72. The number of pyridine rings is 1. The van der Waals surface area contributed by atoms with Gasteiger partial charge in [-0.1, -0.05) is 29.8 Å². The van der Waals surface area contributed by atoms with E-state index < -0.39 is 23.8 Å². The highest BCUT2D eigenvalue weighted by Gasteiger charge is 2.20. The molecule has 1 heterocycles. The Bertz CT molecular complexity index is 1160. The zero-order valence-corrected chi connectivity index (χ0v) is 18.1. The van der Waals surface area contributed by atoms with Crippen molar-refractivity contribution in [3.8, 4) is 0 Å². The van der Waals surface area contributed by atoms with Crippen molar-refractivity contribution in [3.05, 3.63) is 95.3 Å². The quantitative estimate of drug-likeness (QED) is 0.433. The van der Waals surface area contributed by atoms with E-state index in [9.17, 15) is 19.2 Å². The summed E-state index contributed by atoms with van der Waals surface area (Å²) < 4.78 is 0. The van der Waals surface area contributed by atoms with Crippen molar-refractivity contribution in [3.63, 3.8) is 0 Å². The first-order valence-electron chi connectivity index (χ1n) is 10.1. The molecule has 3 aromatic rings. The van der Waals surface area contributed by atoms with Gasteiger partial charge in [0, 0.05) is 23.5 Å². The molecular weight excluding hydrogens is 422 g/mol.